The standard InChI is InChI=1S/C8H10N2O2.ClH/c9-8(12)6-2-1-4-10-7(6)3-5-11;/h1-2,4,11H,3,5H2,(H2,9,12);1H. The van der Waals surface area contributed by atoms with E-state index in [1.165, 1.54) is 0 Å². The number of hydrogen-bond donors (Lipinski definition) is 2. The lowest BCUT2D eigenvalue weighted by molar-refractivity contribution is 0.0999. The number of nitrogens with two attached hydrogens (primary N) is 1. The third-order valence-electron chi connectivity index (χ3n) is 1.50. The number of halogens is 1. The molecule has 4 nitrogen and oxygen atoms in total. The molecular weight excluding hydrogens is 192 g/mol. The quantitative estimate of drug-likeness (QED) is 0.732. The molecule has 1 aromatic heterocycles. The van der Waals surface area contributed by atoms with Crippen LogP contribution in [0.3, 0.4) is 0 Å². The predicted molar refractivity (Wildman–Crippen MR) is 50.8 cm³/mol. The van der Waals surface area contributed by atoms with E-state index >= 15 is 0 Å². The van der Waals surface area contributed by atoms with E-state index in [-0.39, 0.29) is 19.0 Å². The molecular formula is C8H11ClN2O2. The lowest BCUT2D eigenvalue weighted by Crippen LogP contribution is -2.15. The van der Waals surface area contributed by atoms with Gasteiger partial charge in [-0.2, -0.15) is 0 Å². The Kier molecular flexibility index (Phi) is 5.03. The van der Waals surface area contributed by atoms with Crippen molar-refractivity contribution >= 4 is 18.3 Å². The van der Waals surface area contributed by atoms with Gasteiger partial charge in [0.1, 0.15) is 0 Å². The summed E-state index contributed by atoms with van der Waals surface area (Å²) in [6, 6.07) is 3.24. The molecule has 0 aliphatic heterocycles. The van der Waals surface area contributed by atoms with E-state index in [4.69, 9.17) is 10.8 Å². The van der Waals surface area contributed by atoms with Crippen molar-refractivity contribution < 1.29 is 9.90 Å². The van der Waals surface area contributed by atoms with Gasteiger partial charge in [-0.25, -0.2) is 0 Å². The van der Waals surface area contributed by atoms with Gasteiger partial charge in [-0.1, -0.05) is 0 Å². The summed E-state index contributed by atoms with van der Waals surface area (Å²) in [7, 11) is 0. The molecule has 1 rings (SSSR count). The Morgan fingerprint density at radius 1 is 1.62 bits per heavy atom. The van der Waals surface area contributed by atoms with Crippen molar-refractivity contribution in [2.45, 2.75) is 6.42 Å². The summed E-state index contributed by atoms with van der Waals surface area (Å²) in [5.74, 6) is -0.508. The van der Waals surface area contributed by atoms with Crippen molar-refractivity contribution in [1.82, 2.24) is 4.98 Å². The molecule has 72 valence electrons. The van der Waals surface area contributed by atoms with Crippen LogP contribution in [0.2, 0.25) is 0 Å². The monoisotopic (exact) mass is 202 g/mol. The summed E-state index contributed by atoms with van der Waals surface area (Å²) in [5, 5.41) is 8.63. The maximum Gasteiger partial charge on any atom is 0.250 e. The van der Waals surface area contributed by atoms with Gasteiger partial charge in [-0.3, -0.25) is 9.78 Å². The number of carbonyl (C=O) groups is 1. The first-order chi connectivity index (χ1) is 5.75. The van der Waals surface area contributed by atoms with E-state index in [1.807, 2.05) is 0 Å². The maximum atomic E-state index is 10.8. The fourth-order valence-electron chi connectivity index (χ4n) is 0.967. The summed E-state index contributed by atoms with van der Waals surface area (Å²) < 4.78 is 0. The van der Waals surface area contributed by atoms with Crippen LogP contribution in [0.4, 0.5) is 0 Å². The molecule has 0 unspecified atom stereocenters. The van der Waals surface area contributed by atoms with Gasteiger partial charge in [-0.05, 0) is 12.1 Å². The first-order valence-electron chi connectivity index (χ1n) is 3.60. The Hall–Kier alpha value is -1.13. The molecule has 0 aromatic carbocycles. The van der Waals surface area contributed by atoms with Gasteiger partial charge in [0.25, 0.3) is 5.91 Å². The molecule has 0 aliphatic rings. The molecule has 0 bridgehead atoms. The number of nitrogens with zero attached hydrogens (tertiary/aromatic N) is 1. The van der Waals surface area contributed by atoms with E-state index in [0.29, 0.717) is 17.7 Å². The lowest BCUT2D eigenvalue weighted by Gasteiger charge is -2.01. The Balaban J connectivity index is 0.00000144. The molecule has 0 spiro atoms. The minimum atomic E-state index is -0.508. The third-order valence-corrected chi connectivity index (χ3v) is 1.50. The molecule has 0 saturated heterocycles. The highest BCUT2D eigenvalue weighted by Gasteiger charge is 2.06. The number of pyridine rings is 1. The zero-order valence-electron chi connectivity index (χ0n) is 6.93. The second-order valence-corrected chi connectivity index (χ2v) is 2.34. The van der Waals surface area contributed by atoms with Crippen LogP contribution in [0.1, 0.15) is 16.1 Å². The van der Waals surface area contributed by atoms with Crippen LogP contribution in [0.25, 0.3) is 0 Å². The molecule has 1 amide bonds. The predicted octanol–water partition coefficient (Wildman–Crippen LogP) is 0.137. The molecule has 0 aliphatic carbocycles. The van der Waals surface area contributed by atoms with Crippen molar-refractivity contribution in [3.8, 4) is 0 Å². The van der Waals surface area contributed by atoms with Gasteiger partial charge in [0.05, 0.1) is 11.3 Å². The Morgan fingerprint density at radius 3 is 2.85 bits per heavy atom. The van der Waals surface area contributed by atoms with E-state index in [2.05, 4.69) is 4.98 Å². The molecule has 5 heteroatoms. The number of aromatic nitrogens is 1. The zero-order chi connectivity index (χ0) is 8.97. The lowest BCUT2D eigenvalue weighted by atomic mass is 10.1. The fraction of sp³-hybridized carbons (Fsp3) is 0.250. The molecule has 1 heterocycles. The summed E-state index contributed by atoms with van der Waals surface area (Å²) >= 11 is 0. The summed E-state index contributed by atoms with van der Waals surface area (Å²) in [6.45, 7) is -0.0305. The van der Waals surface area contributed by atoms with E-state index < -0.39 is 5.91 Å². The summed E-state index contributed by atoms with van der Waals surface area (Å²) in [5.41, 5.74) is 6.01. The molecule has 0 fully saturated rings. The number of hydrogen-bond acceptors (Lipinski definition) is 3. The number of carbonyl (C=O) groups excluding carboxylic acids is 1. The third kappa shape index (κ3) is 3.01. The first-order valence-corrected chi connectivity index (χ1v) is 3.60. The van der Waals surface area contributed by atoms with Gasteiger partial charge in [0.15, 0.2) is 0 Å². The second-order valence-electron chi connectivity index (χ2n) is 2.34. The van der Waals surface area contributed by atoms with Crippen molar-refractivity contribution in [2.75, 3.05) is 6.61 Å². The number of aliphatic hydroxyl groups excluding tert-OH is 1. The highest BCUT2D eigenvalue weighted by molar-refractivity contribution is 5.93. The smallest absolute Gasteiger partial charge is 0.250 e. The minimum absolute atomic E-state index is 0. The highest BCUT2D eigenvalue weighted by atomic mass is 35.5. The van der Waals surface area contributed by atoms with Crippen LogP contribution in [-0.2, 0) is 6.42 Å². The van der Waals surface area contributed by atoms with Crippen LogP contribution in [0.15, 0.2) is 18.3 Å². The molecule has 0 atom stereocenters. The Labute approximate surface area is 82.2 Å². The normalized spacial score (nSPS) is 9.00. The van der Waals surface area contributed by atoms with Gasteiger partial charge in [-0.15, -0.1) is 12.4 Å². The molecule has 3 N–H and O–H groups in total. The highest BCUT2D eigenvalue weighted by Crippen LogP contribution is 2.04. The molecule has 1 aromatic rings. The van der Waals surface area contributed by atoms with Crippen LogP contribution in [-0.4, -0.2) is 22.6 Å². The van der Waals surface area contributed by atoms with Crippen molar-refractivity contribution in [3.63, 3.8) is 0 Å². The van der Waals surface area contributed by atoms with E-state index in [9.17, 15) is 4.79 Å². The first kappa shape index (κ1) is 11.9. The number of aliphatic hydroxyl groups is 1. The molecule has 0 saturated carbocycles. The average Bonchev–Trinajstić information content (AvgIpc) is 2.05. The van der Waals surface area contributed by atoms with E-state index in [1.54, 1.807) is 18.3 Å². The van der Waals surface area contributed by atoms with Crippen LogP contribution in [0, 0.1) is 0 Å². The molecule has 13 heavy (non-hydrogen) atoms. The van der Waals surface area contributed by atoms with Gasteiger partial charge >= 0.3 is 0 Å². The van der Waals surface area contributed by atoms with Gasteiger partial charge in [0, 0.05) is 19.2 Å². The number of primary amides is 1. The van der Waals surface area contributed by atoms with Crippen molar-refractivity contribution in [2.24, 2.45) is 5.73 Å². The van der Waals surface area contributed by atoms with Gasteiger partial charge in [0.2, 0.25) is 0 Å². The maximum absolute atomic E-state index is 10.8. The largest absolute Gasteiger partial charge is 0.396 e. The van der Waals surface area contributed by atoms with Crippen molar-refractivity contribution in [3.05, 3.63) is 29.6 Å². The number of amides is 1. The minimum Gasteiger partial charge on any atom is -0.396 e. The number of rotatable bonds is 3. The van der Waals surface area contributed by atoms with Crippen LogP contribution < -0.4 is 5.73 Å². The van der Waals surface area contributed by atoms with Crippen molar-refractivity contribution in [1.29, 1.82) is 0 Å². The Bertz CT molecular complexity index is 291. The zero-order valence-corrected chi connectivity index (χ0v) is 7.75. The summed E-state index contributed by atoms with van der Waals surface area (Å²) in [6.07, 6.45) is 1.93. The summed E-state index contributed by atoms with van der Waals surface area (Å²) in [4.78, 5) is 14.7. The van der Waals surface area contributed by atoms with Crippen LogP contribution in [0.5, 0.6) is 0 Å². The Morgan fingerprint density at radius 2 is 2.31 bits per heavy atom. The van der Waals surface area contributed by atoms with Crippen LogP contribution >= 0.6 is 12.4 Å². The topological polar surface area (TPSA) is 76.2 Å². The second kappa shape index (κ2) is 5.50. The molecule has 0 radical (unpaired) electrons. The SMILES string of the molecule is Cl.NC(=O)c1cccnc1CCO. The van der Waals surface area contributed by atoms with Gasteiger partial charge < -0.3 is 10.8 Å². The average molecular weight is 203 g/mol. The fourth-order valence-corrected chi connectivity index (χ4v) is 0.967. The van der Waals surface area contributed by atoms with E-state index in [0.717, 1.165) is 0 Å².